The maximum Gasteiger partial charge on any atom is 0.187 e. The number of aliphatic hydroxyl groups is 8. The second-order valence-electron chi connectivity index (χ2n) is 21.0. The highest BCUT2D eigenvalue weighted by molar-refractivity contribution is 5.36. The molecule has 8 aliphatic rings. The van der Waals surface area contributed by atoms with E-state index in [0.29, 0.717) is 19.4 Å². The van der Waals surface area contributed by atoms with E-state index in [2.05, 4.69) is 53.7 Å². The number of hydrogen-bond acceptors (Lipinski definition) is 13. The summed E-state index contributed by atoms with van der Waals surface area (Å²) in [6.45, 7) is 15.4. The first-order valence-corrected chi connectivity index (χ1v) is 20.9. The summed E-state index contributed by atoms with van der Waals surface area (Å²) in [5.41, 5.74) is -1.90. The Morgan fingerprint density at radius 2 is 1.44 bits per heavy atom. The van der Waals surface area contributed by atoms with E-state index in [1.165, 1.54) is 0 Å². The lowest BCUT2D eigenvalue weighted by Gasteiger charge is -2.73. The van der Waals surface area contributed by atoms with Gasteiger partial charge in [-0.05, 0) is 86.4 Å². The lowest BCUT2D eigenvalue weighted by atomic mass is 9.32. The third-order valence-corrected chi connectivity index (χ3v) is 17.9. The monoisotopic (exact) mass is 780 g/mol. The van der Waals surface area contributed by atoms with E-state index >= 15 is 0 Å². The predicted octanol–water partition coefficient (Wildman–Crippen LogP) is 1.78. The molecule has 4 saturated carbocycles. The standard InChI is InChI=1S/C42H68O13/c1-21-28(46)33(55-34-31(49)30(48)29(47)22(18-43)53-34)32(50)35(52-21)54-27-10-11-37(4)23(38(27,5)19-44)8-12-39(6)24(37)9-13-42-25-16-36(2,3)14-15-41(25,20-51-42)26(45)17-40(39,42)7/h9,13,21-35,43-50H,8,10-12,14-20H2,1-7H3/t21-,22-,23-,24+,25-,26-,27+,28+,29-,30+,31-,32+,33-,34+,35+,37-,38+,39+,40+,41+,42-/m0/s1. The van der Waals surface area contributed by atoms with Gasteiger partial charge in [0.1, 0.15) is 42.7 Å². The van der Waals surface area contributed by atoms with Crippen LogP contribution in [0, 0.1) is 50.2 Å². The molecule has 0 unspecified atom stereocenters. The molecule has 8 N–H and O–H groups in total. The molecule has 3 saturated heterocycles. The molecule has 13 nitrogen and oxygen atoms in total. The number of ether oxygens (including phenoxy) is 5. The Bertz CT molecular complexity index is 1490. The van der Waals surface area contributed by atoms with Gasteiger partial charge in [0, 0.05) is 22.2 Å². The normalized spacial score (nSPS) is 59.7. The van der Waals surface area contributed by atoms with Crippen LogP contribution in [0.1, 0.15) is 99.8 Å². The Kier molecular flexibility index (Phi) is 9.95. The summed E-state index contributed by atoms with van der Waals surface area (Å²) in [4.78, 5) is 0. The average molecular weight is 781 g/mol. The van der Waals surface area contributed by atoms with Crippen molar-refractivity contribution >= 4 is 0 Å². The maximum absolute atomic E-state index is 12.1. The Hall–Kier alpha value is -0.780. The predicted molar refractivity (Wildman–Crippen MR) is 197 cm³/mol. The molecule has 3 heterocycles. The summed E-state index contributed by atoms with van der Waals surface area (Å²) in [7, 11) is 0. The van der Waals surface area contributed by atoms with Gasteiger partial charge in [-0.1, -0.05) is 53.7 Å². The van der Waals surface area contributed by atoms with Crippen LogP contribution in [0.2, 0.25) is 0 Å². The van der Waals surface area contributed by atoms with E-state index < -0.39 is 91.2 Å². The summed E-state index contributed by atoms with van der Waals surface area (Å²) in [5.74, 6) is 0.449. The first-order valence-electron chi connectivity index (χ1n) is 20.9. The zero-order valence-corrected chi connectivity index (χ0v) is 33.7. The number of allylic oxidation sites excluding steroid dienone is 1. The fourth-order valence-electron chi connectivity index (χ4n) is 14.3. The van der Waals surface area contributed by atoms with Crippen molar-refractivity contribution in [2.75, 3.05) is 19.8 Å². The molecule has 0 amide bonds. The van der Waals surface area contributed by atoms with Gasteiger partial charge in [0.05, 0.1) is 43.7 Å². The smallest absolute Gasteiger partial charge is 0.187 e. The maximum atomic E-state index is 12.1. The van der Waals surface area contributed by atoms with Crippen LogP contribution in [-0.2, 0) is 23.7 Å². The first kappa shape index (κ1) is 41.0. The van der Waals surface area contributed by atoms with Gasteiger partial charge in [-0.25, -0.2) is 0 Å². The lowest BCUT2D eigenvalue weighted by molar-refractivity contribution is -0.367. The van der Waals surface area contributed by atoms with E-state index in [1.54, 1.807) is 6.92 Å². The highest BCUT2D eigenvalue weighted by Crippen LogP contribution is 2.79. The molecule has 21 atom stereocenters. The molecule has 3 aliphatic heterocycles. The third kappa shape index (κ3) is 5.44. The quantitative estimate of drug-likeness (QED) is 0.143. The SMILES string of the molecule is C[C@@H]1O[C@H](O[C@@H]2CC[C@@]3(C)[C@H](CC[C@]4(C)[C@@H]3C=C[C@]35OC[C@@]6(CCC(C)(C)C[C@@H]63)[C@@H](O)C[C@@]54C)[C@@]2(C)CO)[C@H](O)[C@@H](O[C@H]2O[C@@H](CO)[C@H](O)[C@@H](O)[C@@H]2O)[C@@H]1O. The molecule has 8 rings (SSSR count). The van der Waals surface area contributed by atoms with E-state index in [0.717, 1.165) is 38.5 Å². The Balaban J connectivity index is 1.05. The number of hydrogen-bond donors (Lipinski definition) is 8. The van der Waals surface area contributed by atoms with Gasteiger partial charge in [0.15, 0.2) is 12.6 Å². The minimum Gasteiger partial charge on any atom is -0.396 e. The Labute approximate surface area is 325 Å². The molecular formula is C42H68O13. The minimum atomic E-state index is -1.72. The summed E-state index contributed by atoms with van der Waals surface area (Å²) in [6.07, 6.45) is -3.39. The topological polar surface area (TPSA) is 208 Å². The van der Waals surface area contributed by atoms with Gasteiger partial charge in [-0.15, -0.1) is 0 Å². The molecule has 0 aromatic heterocycles. The first-order chi connectivity index (χ1) is 25.7. The highest BCUT2D eigenvalue weighted by atomic mass is 16.7. The van der Waals surface area contributed by atoms with Crippen molar-refractivity contribution in [2.45, 2.75) is 179 Å². The van der Waals surface area contributed by atoms with Gasteiger partial charge in [-0.3, -0.25) is 0 Å². The molecule has 2 bridgehead atoms. The van der Waals surface area contributed by atoms with Crippen LogP contribution in [0.4, 0.5) is 0 Å². The van der Waals surface area contributed by atoms with Crippen LogP contribution < -0.4 is 0 Å². The zero-order chi connectivity index (χ0) is 39.9. The molecule has 314 valence electrons. The number of fused-ring (bicyclic) bond motifs is 4. The summed E-state index contributed by atoms with van der Waals surface area (Å²) < 4.78 is 31.2. The van der Waals surface area contributed by atoms with Crippen LogP contribution >= 0.6 is 0 Å². The molecule has 0 aromatic carbocycles. The number of aliphatic hydroxyl groups excluding tert-OH is 8. The van der Waals surface area contributed by atoms with E-state index in [9.17, 15) is 40.9 Å². The van der Waals surface area contributed by atoms with Gasteiger partial charge in [0.25, 0.3) is 0 Å². The molecule has 0 radical (unpaired) electrons. The fourth-order valence-corrected chi connectivity index (χ4v) is 14.3. The Morgan fingerprint density at radius 3 is 2.13 bits per heavy atom. The fraction of sp³-hybridized carbons (Fsp3) is 0.952. The largest absolute Gasteiger partial charge is 0.396 e. The number of rotatable bonds is 6. The van der Waals surface area contributed by atoms with Crippen LogP contribution in [0.3, 0.4) is 0 Å². The molecule has 7 fully saturated rings. The second kappa shape index (κ2) is 13.4. The minimum absolute atomic E-state index is 0.0414. The van der Waals surface area contributed by atoms with Crippen molar-refractivity contribution in [3.8, 4) is 0 Å². The van der Waals surface area contributed by atoms with Crippen LogP contribution in [0.25, 0.3) is 0 Å². The van der Waals surface area contributed by atoms with E-state index in [-0.39, 0.29) is 51.4 Å². The van der Waals surface area contributed by atoms with Crippen molar-refractivity contribution in [2.24, 2.45) is 50.2 Å². The van der Waals surface area contributed by atoms with Crippen LogP contribution in [0.15, 0.2) is 12.2 Å². The van der Waals surface area contributed by atoms with Gasteiger partial charge in [-0.2, -0.15) is 0 Å². The molecular weight excluding hydrogens is 712 g/mol. The van der Waals surface area contributed by atoms with E-state index in [4.69, 9.17) is 23.7 Å². The van der Waals surface area contributed by atoms with Crippen molar-refractivity contribution in [3.05, 3.63) is 12.2 Å². The second-order valence-corrected chi connectivity index (χ2v) is 21.0. The van der Waals surface area contributed by atoms with Gasteiger partial charge >= 0.3 is 0 Å². The molecule has 0 aromatic rings. The summed E-state index contributed by atoms with van der Waals surface area (Å²) in [5, 5.41) is 87.0. The third-order valence-electron chi connectivity index (χ3n) is 17.9. The Morgan fingerprint density at radius 1 is 0.727 bits per heavy atom. The lowest BCUT2D eigenvalue weighted by Crippen LogP contribution is -2.72. The molecule has 13 heteroatoms. The van der Waals surface area contributed by atoms with Gasteiger partial charge in [0.2, 0.25) is 0 Å². The van der Waals surface area contributed by atoms with Gasteiger partial charge < -0.3 is 64.5 Å². The zero-order valence-electron chi connectivity index (χ0n) is 33.7. The van der Waals surface area contributed by atoms with Crippen molar-refractivity contribution in [3.63, 3.8) is 0 Å². The highest BCUT2D eigenvalue weighted by Gasteiger charge is 2.79. The molecule has 55 heavy (non-hydrogen) atoms. The molecule has 5 aliphatic carbocycles. The van der Waals surface area contributed by atoms with Crippen molar-refractivity contribution in [1.29, 1.82) is 0 Å². The van der Waals surface area contributed by atoms with Crippen LogP contribution in [-0.4, -0.2) is 140 Å². The van der Waals surface area contributed by atoms with Crippen molar-refractivity contribution in [1.82, 2.24) is 0 Å². The summed E-state index contributed by atoms with van der Waals surface area (Å²) in [6, 6.07) is 0. The summed E-state index contributed by atoms with van der Waals surface area (Å²) >= 11 is 0. The van der Waals surface area contributed by atoms with Crippen LogP contribution in [0.5, 0.6) is 0 Å². The van der Waals surface area contributed by atoms with E-state index in [1.807, 2.05) is 0 Å². The average Bonchev–Trinajstić information content (AvgIpc) is 3.41. The van der Waals surface area contributed by atoms with Crippen molar-refractivity contribution < 1.29 is 64.5 Å². The molecule has 1 spiro atoms.